The fourth-order valence-corrected chi connectivity index (χ4v) is 2.38. The van der Waals surface area contributed by atoms with E-state index in [2.05, 4.69) is 4.98 Å². The molecule has 1 N–H and O–H groups in total. The van der Waals surface area contributed by atoms with Gasteiger partial charge in [0.1, 0.15) is 5.69 Å². The number of nitrogens with zero attached hydrogens (tertiary/aromatic N) is 1. The zero-order chi connectivity index (χ0) is 13.0. The van der Waals surface area contributed by atoms with Crippen LogP contribution in [0.15, 0.2) is 40.5 Å². The smallest absolute Gasteiger partial charge is 0.270 e. The zero-order valence-corrected chi connectivity index (χ0v) is 10.9. The van der Waals surface area contributed by atoms with Crippen molar-refractivity contribution in [2.24, 2.45) is 0 Å². The Balaban J connectivity index is 2.17. The van der Waals surface area contributed by atoms with E-state index in [4.69, 9.17) is 0 Å². The maximum absolute atomic E-state index is 12.2. The van der Waals surface area contributed by atoms with Crippen LogP contribution in [0.25, 0.3) is 0 Å². The third-order valence-corrected chi connectivity index (χ3v) is 3.46. The predicted molar refractivity (Wildman–Crippen MR) is 71.8 cm³/mol. The maximum Gasteiger partial charge on any atom is 0.270 e. The van der Waals surface area contributed by atoms with Gasteiger partial charge in [0.15, 0.2) is 0 Å². The summed E-state index contributed by atoms with van der Waals surface area (Å²) in [6.45, 7) is 3.10. The highest BCUT2D eigenvalue weighted by Crippen LogP contribution is 2.13. The molecule has 0 aromatic carbocycles. The lowest BCUT2D eigenvalue weighted by molar-refractivity contribution is 0.0748. The topological polar surface area (TPSA) is 53.2 Å². The van der Waals surface area contributed by atoms with Crippen LogP contribution < -0.4 is 5.56 Å². The number of nitrogens with one attached hydrogen (secondary N) is 1. The summed E-state index contributed by atoms with van der Waals surface area (Å²) in [5, 5.41) is 1.98. The fourth-order valence-electron chi connectivity index (χ4n) is 1.66. The third kappa shape index (κ3) is 2.87. The minimum absolute atomic E-state index is 0.149. The van der Waals surface area contributed by atoms with Crippen molar-refractivity contribution in [1.29, 1.82) is 0 Å². The molecule has 0 aliphatic heterocycles. The molecular formula is C13H14N2O2S. The van der Waals surface area contributed by atoms with Crippen LogP contribution in [-0.2, 0) is 6.54 Å². The van der Waals surface area contributed by atoms with E-state index in [9.17, 15) is 9.59 Å². The normalized spacial score (nSPS) is 10.3. The number of carbonyl (C=O) groups is 1. The summed E-state index contributed by atoms with van der Waals surface area (Å²) in [4.78, 5) is 28.8. The van der Waals surface area contributed by atoms with Gasteiger partial charge in [0.25, 0.3) is 5.91 Å². The lowest BCUT2D eigenvalue weighted by Gasteiger charge is -2.19. The molecule has 0 aliphatic carbocycles. The number of aromatic nitrogens is 1. The Morgan fingerprint density at radius 1 is 1.33 bits per heavy atom. The molecule has 0 spiro atoms. The minimum Gasteiger partial charge on any atom is -0.333 e. The number of hydrogen-bond acceptors (Lipinski definition) is 3. The molecule has 0 atom stereocenters. The molecule has 0 radical (unpaired) electrons. The zero-order valence-electron chi connectivity index (χ0n) is 10.1. The highest BCUT2D eigenvalue weighted by atomic mass is 32.1. The first-order valence-electron chi connectivity index (χ1n) is 5.71. The third-order valence-electron chi connectivity index (χ3n) is 2.59. The van der Waals surface area contributed by atoms with Gasteiger partial charge in [-0.3, -0.25) is 9.59 Å². The number of pyridine rings is 1. The van der Waals surface area contributed by atoms with Crippen LogP contribution in [0.1, 0.15) is 22.3 Å². The van der Waals surface area contributed by atoms with Gasteiger partial charge in [0.05, 0.1) is 6.54 Å². The van der Waals surface area contributed by atoms with Crippen molar-refractivity contribution in [3.63, 3.8) is 0 Å². The Morgan fingerprint density at radius 2 is 2.17 bits per heavy atom. The molecule has 0 saturated heterocycles. The number of hydrogen-bond donors (Lipinski definition) is 1. The lowest BCUT2D eigenvalue weighted by atomic mass is 10.3. The largest absolute Gasteiger partial charge is 0.333 e. The van der Waals surface area contributed by atoms with E-state index in [-0.39, 0.29) is 11.5 Å². The molecule has 2 aromatic rings. The van der Waals surface area contributed by atoms with Crippen molar-refractivity contribution in [3.8, 4) is 0 Å². The summed E-state index contributed by atoms with van der Waals surface area (Å²) >= 11 is 1.62. The SMILES string of the molecule is CCN(Cc1cccs1)C(=O)c1cccc(=O)[nH]1. The fraction of sp³-hybridized carbons (Fsp3) is 0.231. The lowest BCUT2D eigenvalue weighted by Crippen LogP contribution is -2.31. The average Bonchev–Trinajstić information content (AvgIpc) is 2.88. The highest BCUT2D eigenvalue weighted by molar-refractivity contribution is 7.09. The number of H-pyrrole nitrogens is 1. The average molecular weight is 262 g/mol. The maximum atomic E-state index is 12.2. The molecule has 2 rings (SSSR count). The van der Waals surface area contributed by atoms with E-state index < -0.39 is 0 Å². The Kier molecular flexibility index (Phi) is 3.94. The standard InChI is InChI=1S/C13H14N2O2S/c1-2-15(9-10-5-4-8-18-10)13(17)11-6-3-7-12(16)14-11/h3-8H,2,9H2,1H3,(H,14,16). The van der Waals surface area contributed by atoms with E-state index in [0.29, 0.717) is 18.8 Å². The Labute approximate surface area is 109 Å². The van der Waals surface area contributed by atoms with Gasteiger partial charge in [0, 0.05) is 17.5 Å². The second-order valence-electron chi connectivity index (χ2n) is 3.83. The number of thiophene rings is 1. The van der Waals surface area contributed by atoms with E-state index in [1.54, 1.807) is 28.4 Å². The molecule has 0 unspecified atom stereocenters. The predicted octanol–water partition coefficient (Wildman–Crippen LogP) is 2.10. The second-order valence-corrected chi connectivity index (χ2v) is 4.86. The molecule has 0 aliphatic rings. The van der Waals surface area contributed by atoms with Crippen molar-refractivity contribution in [1.82, 2.24) is 9.88 Å². The molecule has 4 nitrogen and oxygen atoms in total. The number of amides is 1. The van der Waals surface area contributed by atoms with Crippen LogP contribution in [-0.4, -0.2) is 22.3 Å². The molecular weight excluding hydrogens is 248 g/mol. The number of carbonyl (C=O) groups excluding carboxylic acids is 1. The number of rotatable bonds is 4. The molecule has 18 heavy (non-hydrogen) atoms. The van der Waals surface area contributed by atoms with E-state index in [1.165, 1.54) is 6.07 Å². The van der Waals surface area contributed by atoms with Crippen molar-refractivity contribution in [2.45, 2.75) is 13.5 Å². The Bertz CT molecular complexity index is 575. The molecule has 2 heterocycles. The van der Waals surface area contributed by atoms with Gasteiger partial charge < -0.3 is 9.88 Å². The van der Waals surface area contributed by atoms with Crippen molar-refractivity contribution >= 4 is 17.2 Å². The first-order chi connectivity index (χ1) is 8.70. The second kappa shape index (κ2) is 5.64. The quantitative estimate of drug-likeness (QED) is 0.917. The van der Waals surface area contributed by atoms with Crippen LogP contribution in [0.2, 0.25) is 0 Å². The molecule has 5 heteroatoms. The molecule has 0 bridgehead atoms. The van der Waals surface area contributed by atoms with E-state index in [0.717, 1.165) is 4.88 Å². The van der Waals surface area contributed by atoms with Crippen LogP contribution in [0.5, 0.6) is 0 Å². The summed E-state index contributed by atoms with van der Waals surface area (Å²) in [7, 11) is 0. The van der Waals surface area contributed by atoms with Crippen molar-refractivity contribution in [2.75, 3.05) is 6.54 Å². The summed E-state index contributed by atoms with van der Waals surface area (Å²) < 4.78 is 0. The Hall–Kier alpha value is -1.88. The van der Waals surface area contributed by atoms with Gasteiger partial charge in [-0.25, -0.2) is 0 Å². The van der Waals surface area contributed by atoms with Gasteiger partial charge in [0.2, 0.25) is 5.56 Å². The van der Waals surface area contributed by atoms with Crippen LogP contribution in [0.4, 0.5) is 0 Å². The molecule has 2 aromatic heterocycles. The highest BCUT2D eigenvalue weighted by Gasteiger charge is 2.15. The first kappa shape index (κ1) is 12.6. The van der Waals surface area contributed by atoms with Gasteiger partial charge in [-0.15, -0.1) is 11.3 Å². The Morgan fingerprint density at radius 3 is 2.78 bits per heavy atom. The molecule has 0 saturated carbocycles. The van der Waals surface area contributed by atoms with Gasteiger partial charge >= 0.3 is 0 Å². The van der Waals surface area contributed by atoms with Crippen LogP contribution in [0.3, 0.4) is 0 Å². The summed E-state index contributed by atoms with van der Waals surface area (Å²) in [6, 6.07) is 8.56. The summed E-state index contributed by atoms with van der Waals surface area (Å²) in [5.41, 5.74) is 0.0777. The molecule has 0 fully saturated rings. The first-order valence-corrected chi connectivity index (χ1v) is 6.59. The van der Waals surface area contributed by atoms with Gasteiger partial charge in [-0.05, 0) is 24.4 Å². The van der Waals surface area contributed by atoms with E-state index in [1.807, 2.05) is 24.4 Å². The van der Waals surface area contributed by atoms with Crippen molar-refractivity contribution < 1.29 is 4.79 Å². The molecule has 94 valence electrons. The van der Waals surface area contributed by atoms with Crippen LogP contribution >= 0.6 is 11.3 Å². The van der Waals surface area contributed by atoms with E-state index >= 15 is 0 Å². The summed E-state index contributed by atoms with van der Waals surface area (Å²) in [6.07, 6.45) is 0. The molecule has 1 amide bonds. The number of aromatic amines is 1. The van der Waals surface area contributed by atoms with Gasteiger partial charge in [-0.2, -0.15) is 0 Å². The minimum atomic E-state index is -0.256. The summed E-state index contributed by atoms with van der Waals surface area (Å²) in [5.74, 6) is -0.149. The van der Waals surface area contributed by atoms with Crippen molar-refractivity contribution in [3.05, 3.63) is 56.6 Å². The van der Waals surface area contributed by atoms with Gasteiger partial charge in [-0.1, -0.05) is 12.1 Å². The monoisotopic (exact) mass is 262 g/mol. The van der Waals surface area contributed by atoms with Crippen LogP contribution in [0, 0.1) is 0 Å².